The Labute approximate surface area is 306 Å². The van der Waals surface area contributed by atoms with Crippen molar-refractivity contribution in [2.75, 3.05) is 43.2 Å². The number of hydrogen-bond acceptors (Lipinski definition) is 10. The number of phenols is 1. The first-order chi connectivity index (χ1) is 24.7. The Hall–Kier alpha value is -4.34. The molecule has 52 heavy (non-hydrogen) atoms. The highest BCUT2D eigenvalue weighted by Crippen LogP contribution is 2.48. The minimum atomic E-state index is -4.33. The number of sulfone groups is 1. The molecule has 1 aliphatic heterocycles. The largest absolute Gasteiger partial charge is 0.508 e. The molecule has 1 atom stereocenters. The van der Waals surface area contributed by atoms with Crippen LogP contribution in [0.25, 0.3) is 0 Å². The van der Waals surface area contributed by atoms with E-state index < -0.39 is 55.5 Å². The molecule has 0 aliphatic carbocycles. The lowest BCUT2D eigenvalue weighted by Crippen LogP contribution is -2.42. The Morgan fingerprint density at radius 3 is 2.23 bits per heavy atom. The van der Waals surface area contributed by atoms with Crippen LogP contribution in [-0.4, -0.2) is 76.6 Å². The molecule has 0 bridgehead atoms. The van der Waals surface area contributed by atoms with Crippen molar-refractivity contribution in [2.45, 2.75) is 69.7 Å². The number of ether oxygens (including phenoxy) is 2. The number of carbonyl (C=O) groups excluding carboxylic acids is 2. The zero-order valence-electron chi connectivity index (χ0n) is 29.8. The number of methoxy groups -OCH3 is 1. The number of para-hydroxylation sites is 1. The van der Waals surface area contributed by atoms with Crippen molar-refractivity contribution in [1.82, 2.24) is 10.6 Å². The number of carbonyl (C=O) groups is 2. The summed E-state index contributed by atoms with van der Waals surface area (Å²) in [6.45, 7) is 4.12. The van der Waals surface area contributed by atoms with Gasteiger partial charge in [-0.25, -0.2) is 8.42 Å². The number of anilines is 2. The third kappa shape index (κ3) is 10.8. The van der Waals surface area contributed by atoms with Crippen molar-refractivity contribution in [3.8, 4) is 17.2 Å². The van der Waals surface area contributed by atoms with Gasteiger partial charge in [-0.2, -0.15) is 8.42 Å². The molecular formula is C37H49N3O10S2. The van der Waals surface area contributed by atoms with Crippen molar-refractivity contribution in [3.63, 3.8) is 0 Å². The van der Waals surface area contributed by atoms with Crippen LogP contribution in [0.15, 0.2) is 71.6 Å². The van der Waals surface area contributed by atoms with E-state index in [4.69, 9.17) is 14.0 Å². The van der Waals surface area contributed by atoms with Crippen LogP contribution >= 0.6 is 0 Å². The summed E-state index contributed by atoms with van der Waals surface area (Å²) < 4.78 is 71.6. The molecule has 13 nitrogen and oxygen atoms in total. The van der Waals surface area contributed by atoms with Gasteiger partial charge in [0.05, 0.1) is 42.2 Å². The Morgan fingerprint density at radius 2 is 1.63 bits per heavy atom. The van der Waals surface area contributed by atoms with Gasteiger partial charge in [0.1, 0.15) is 11.8 Å². The van der Waals surface area contributed by atoms with Crippen LogP contribution in [0.4, 0.5) is 11.4 Å². The van der Waals surface area contributed by atoms with Gasteiger partial charge >= 0.3 is 0 Å². The molecule has 4 rings (SSSR count). The second kappa shape index (κ2) is 17.9. The summed E-state index contributed by atoms with van der Waals surface area (Å²) in [7, 11) is -6.70. The molecule has 1 aliphatic rings. The van der Waals surface area contributed by atoms with E-state index in [-0.39, 0.29) is 40.9 Å². The maximum atomic E-state index is 14.3. The monoisotopic (exact) mass is 759 g/mol. The highest BCUT2D eigenvalue weighted by atomic mass is 32.2. The molecule has 284 valence electrons. The lowest BCUT2D eigenvalue weighted by Gasteiger charge is -2.37. The molecule has 0 unspecified atom stereocenters. The zero-order chi connectivity index (χ0) is 37.9. The molecule has 1 heterocycles. The second-order valence-corrected chi connectivity index (χ2v) is 16.7. The number of aromatic hydroxyl groups is 1. The fraction of sp³-hybridized carbons (Fsp3) is 0.459. The standard InChI is InChI=1S/C37H49N3O10S2/c1-4-6-18-37(19-7-5-2)25-40(28-11-9-8-10-12-28)30-23-31(49-3)32(24-33(30)51(44,45)26-37)50-21-17-34(42)39-35(27-13-15-29(41)16-14-27)36(43)38-20-22-52(46,47)48/h8-16,23-24,35,41H,4-7,17-22,25-26H2,1-3H3,(H,38,43)(H,39,42)(H,46,47,48)/t35-/m1/s1. The molecule has 2 amide bonds. The number of fused-ring (bicyclic) bond motifs is 1. The van der Waals surface area contributed by atoms with Crippen LogP contribution in [0.3, 0.4) is 0 Å². The molecule has 3 aromatic rings. The second-order valence-electron chi connectivity index (χ2n) is 13.1. The summed E-state index contributed by atoms with van der Waals surface area (Å²) in [5.41, 5.74) is 1.17. The van der Waals surface area contributed by atoms with Gasteiger partial charge in [-0.1, -0.05) is 69.9 Å². The van der Waals surface area contributed by atoms with Gasteiger partial charge in [-0.15, -0.1) is 0 Å². The topological polar surface area (TPSA) is 189 Å². The molecule has 0 saturated heterocycles. The highest BCUT2D eigenvalue weighted by molar-refractivity contribution is 7.91. The molecule has 0 radical (unpaired) electrons. The van der Waals surface area contributed by atoms with E-state index in [0.717, 1.165) is 44.2 Å². The van der Waals surface area contributed by atoms with Crippen LogP contribution in [0.2, 0.25) is 0 Å². The quantitative estimate of drug-likeness (QED) is 0.123. The van der Waals surface area contributed by atoms with Crippen molar-refractivity contribution in [3.05, 3.63) is 72.3 Å². The van der Waals surface area contributed by atoms with Crippen LogP contribution in [0, 0.1) is 5.41 Å². The molecule has 4 N–H and O–H groups in total. The number of phenolic OH excluding ortho intramolecular Hbond substituents is 1. The van der Waals surface area contributed by atoms with Crippen molar-refractivity contribution >= 4 is 43.1 Å². The van der Waals surface area contributed by atoms with E-state index in [1.807, 2.05) is 30.3 Å². The number of amides is 2. The Kier molecular flexibility index (Phi) is 13.9. The minimum Gasteiger partial charge on any atom is -0.508 e. The number of nitrogens with one attached hydrogen (secondary N) is 2. The number of unbranched alkanes of at least 4 members (excludes halogenated alkanes) is 2. The van der Waals surface area contributed by atoms with Gasteiger partial charge in [-0.3, -0.25) is 14.1 Å². The lowest BCUT2D eigenvalue weighted by atomic mass is 9.79. The number of rotatable bonds is 18. The van der Waals surface area contributed by atoms with Gasteiger partial charge in [0.25, 0.3) is 10.1 Å². The minimum absolute atomic E-state index is 0.0184. The number of hydrogen-bond donors (Lipinski definition) is 4. The summed E-state index contributed by atoms with van der Waals surface area (Å²) in [6.07, 6.45) is 4.97. The number of nitrogens with zero attached hydrogens (tertiary/aromatic N) is 1. The third-order valence-corrected chi connectivity index (χ3v) is 11.8. The highest BCUT2D eigenvalue weighted by Gasteiger charge is 2.42. The molecule has 3 aromatic carbocycles. The smallest absolute Gasteiger partial charge is 0.266 e. The molecule has 0 fully saturated rings. The van der Waals surface area contributed by atoms with E-state index in [1.165, 1.54) is 37.4 Å². The van der Waals surface area contributed by atoms with E-state index in [0.29, 0.717) is 17.8 Å². The summed E-state index contributed by atoms with van der Waals surface area (Å²) in [5, 5.41) is 14.7. The first-order valence-corrected chi connectivity index (χ1v) is 20.7. The van der Waals surface area contributed by atoms with E-state index in [2.05, 4.69) is 29.4 Å². The van der Waals surface area contributed by atoms with Crippen molar-refractivity contribution in [1.29, 1.82) is 0 Å². The van der Waals surface area contributed by atoms with Gasteiger partial charge in [-0.05, 0) is 42.7 Å². The summed E-state index contributed by atoms with van der Waals surface area (Å²) in [5.74, 6) is -1.72. The molecule has 0 saturated carbocycles. The molecule has 0 aromatic heterocycles. The maximum Gasteiger partial charge on any atom is 0.266 e. The van der Waals surface area contributed by atoms with Gasteiger partial charge in [0.15, 0.2) is 21.3 Å². The average molecular weight is 760 g/mol. The Balaban J connectivity index is 1.60. The van der Waals surface area contributed by atoms with Crippen LogP contribution in [0.1, 0.15) is 70.4 Å². The normalized spacial score (nSPS) is 15.5. The molecule has 0 spiro atoms. The summed E-state index contributed by atoms with van der Waals surface area (Å²) >= 11 is 0. The number of benzene rings is 3. The van der Waals surface area contributed by atoms with Gasteiger partial charge in [0, 0.05) is 36.3 Å². The lowest BCUT2D eigenvalue weighted by molar-refractivity contribution is -0.129. The predicted molar refractivity (Wildman–Crippen MR) is 199 cm³/mol. The van der Waals surface area contributed by atoms with Gasteiger partial charge < -0.3 is 30.1 Å². The molecule has 15 heteroatoms. The Morgan fingerprint density at radius 1 is 0.981 bits per heavy atom. The maximum absolute atomic E-state index is 14.3. The molecular weight excluding hydrogens is 711 g/mol. The zero-order valence-corrected chi connectivity index (χ0v) is 31.5. The van der Waals surface area contributed by atoms with E-state index in [9.17, 15) is 31.5 Å². The first kappa shape index (κ1) is 40.4. The first-order valence-electron chi connectivity index (χ1n) is 17.4. The fourth-order valence-corrected chi connectivity index (χ4v) is 8.91. The van der Waals surface area contributed by atoms with E-state index in [1.54, 1.807) is 6.07 Å². The average Bonchev–Trinajstić information content (AvgIpc) is 3.20. The van der Waals surface area contributed by atoms with Crippen LogP contribution < -0.4 is 25.0 Å². The van der Waals surface area contributed by atoms with Crippen LogP contribution in [-0.2, 0) is 29.5 Å². The van der Waals surface area contributed by atoms with Crippen molar-refractivity contribution < 1.29 is 45.6 Å². The van der Waals surface area contributed by atoms with Gasteiger partial charge in [0.2, 0.25) is 11.8 Å². The fourth-order valence-electron chi connectivity index (χ4n) is 6.44. The van der Waals surface area contributed by atoms with Crippen molar-refractivity contribution in [2.24, 2.45) is 5.41 Å². The van der Waals surface area contributed by atoms with Crippen LogP contribution in [0.5, 0.6) is 17.2 Å². The third-order valence-electron chi connectivity index (χ3n) is 9.09. The SMILES string of the molecule is CCCCC1(CCCC)CN(c2ccccc2)c2cc(OC)c(OCCC(=O)N[C@@H](C(=O)NCCS(=O)(=O)O)c3ccc(O)cc3)cc2S(=O)(=O)C1. The Bertz CT molecular complexity index is 1880. The predicted octanol–water partition coefficient (Wildman–Crippen LogP) is 5.32. The summed E-state index contributed by atoms with van der Waals surface area (Å²) in [6, 6.07) is 17.1. The van der Waals surface area contributed by atoms with E-state index >= 15 is 0 Å². The summed E-state index contributed by atoms with van der Waals surface area (Å²) in [4.78, 5) is 28.3.